The number of imidazole rings is 1. The standard InChI is InChI=1S/C25H37N11O5/c1-4-16(5-2)28-21-17-23(30-25(29-21)26-9-12-35-10-7-6-8-11-35)36(13-27-17)24-20(40-15-38)18(39-14-37)19(41-24)22-31-33-34(3)32-22/h13-16,18-20,24H,4-12H2,1-3H3,(H2,26,28,29,30)/t18-,19+,20-,24-/m1/s1. The Hall–Kier alpha value is -3.92. The van der Waals surface area contributed by atoms with Crippen LogP contribution in [0.3, 0.4) is 0 Å². The number of hydrogen-bond donors (Lipinski definition) is 2. The fraction of sp³-hybridized carbons (Fsp3) is 0.680. The predicted molar refractivity (Wildman–Crippen MR) is 146 cm³/mol. The molecule has 16 heteroatoms. The summed E-state index contributed by atoms with van der Waals surface area (Å²) in [6, 6.07) is 0.186. The van der Waals surface area contributed by atoms with Crippen molar-refractivity contribution in [2.75, 3.05) is 36.8 Å². The molecule has 0 bridgehead atoms. The van der Waals surface area contributed by atoms with Crippen molar-refractivity contribution in [2.24, 2.45) is 7.05 Å². The molecule has 2 fully saturated rings. The number of ether oxygens (including phenoxy) is 3. The molecule has 3 aromatic rings. The first-order chi connectivity index (χ1) is 20.1. The van der Waals surface area contributed by atoms with Crippen LogP contribution in [0.25, 0.3) is 11.2 Å². The number of rotatable bonds is 14. The molecule has 222 valence electrons. The van der Waals surface area contributed by atoms with Crippen molar-refractivity contribution >= 4 is 35.9 Å². The summed E-state index contributed by atoms with van der Waals surface area (Å²) >= 11 is 0. The number of aromatic nitrogens is 8. The molecule has 2 aliphatic rings. The van der Waals surface area contributed by atoms with E-state index in [1.807, 2.05) is 0 Å². The number of piperidine rings is 1. The van der Waals surface area contributed by atoms with Crippen molar-refractivity contribution in [3.8, 4) is 0 Å². The second-order valence-corrected chi connectivity index (χ2v) is 10.2. The summed E-state index contributed by atoms with van der Waals surface area (Å²) < 4.78 is 18.7. The summed E-state index contributed by atoms with van der Waals surface area (Å²) in [7, 11) is 1.60. The topological polar surface area (TPSA) is 176 Å². The monoisotopic (exact) mass is 571 g/mol. The van der Waals surface area contributed by atoms with Crippen LogP contribution in [-0.2, 0) is 30.8 Å². The Kier molecular flexibility index (Phi) is 9.18. The largest absolute Gasteiger partial charge is 0.457 e. The van der Waals surface area contributed by atoms with Gasteiger partial charge in [-0.3, -0.25) is 14.2 Å². The van der Waals surface area contributed by atoms with Gasteiger partial charge in [0.2, 0.25) is 11.8 Å². The zero-order valence-electron chi connectivity index (χ0n) is 23.5. The third-order valence-corrected chi connectivity index (χ3v) is 7.57. The fourth-order valence-corrected chi connectivity index (χ4v) is 5.38. The zero-order chi connectivity index (χ0) is 28.8. The number of carbonyl (C=O) groups excluding carboxylic acids is 2. The van der Waals surface area contributed by atoms with Gasteiger partial charge in [0.1, 0.15) is 0 Å². The van der Waals surface area contributed by atoms with Crippen LogP contribution in [0.4, 0.5) is 11.8 Å². The maximum atomic E-state index is 11.5. The van der Waals surface area contributed by atoms with Gasteiger partial charge in [-0.1, -0.05) is 20.3 Å². The van der Waals surface area contributed by atoms with Crippen molar-refractivity contribution in [3.05, 3.63) is 12.2 Å². The van der Waals surface area contributed by atoms with Gasteiger partial charge in [0.05, 0.1) is 13.4 Å². The lowest BCUT2D eigenvalue weighted by Crippen LogP contribution is -2.34. The molecule has 4 atom stereocenters. The van der Waals surface area contributed by atoms with Crippen LogP contribution in [0.15, 0.2) is 6.33 Å². The first-order valence-electron chi connectivity index (χ1n) is 14.1. The minimum atomic E-state index is -1.04. The van der Waals surface area contributed by atoms with Crippen molar-refractivity contribution in [3.63, 3.8) is 0 Å². The number of nitrogens with zero attached hydrogens (tertiary/aromatic N) is 9. The molecule has 0 spiro atoms. The number of hydrogen-bond acceptors (Lipinski definition) is 14. The van der Waals surface area contributed by atoms with Gasteiger partial charge in [-0.25, -0.2) is 4.98 Å². The van der Waals surface area contributed by atoms with E-state index in [1.165, 1.54) is 24.1 Å². The Labute approximate surface area is 237 Å². The minimum absolute atomic E-state index is 0.177. The SMILES string of the molecule is CCC(CC)Nc1nc(NCCN2CCCCC2)nc2c1ncn2[C@@H]1O[C@H](c2nnn(C)n2)[C@@H](OC=O)[C@H]1OC=O. The second-order valence-electron chi connectivity index (χ2n) is 10.2. The van der Waals surface area contributed by atoms with Gasteiger partial charge in [0.25, 0.3) is 12.9 Å². The Morgan fingerprint density at radius 2 is 1.85 bits per heavy atom. The maximum Gasteiger partial charge on any atom is 0.293 e. The molecule has 0 amide bonds. The summed E-state index contributed by atoms with van der Waals surface area (Å²) in [5.41, 5.74) is 0.983. The van der Waals surface area contributed by atoms with Crippen LogP contribution in [0.2, 0.25) is 0 Å². The molecule has 0 unspecified atom stereocenters. The molecule has 41 heavy (non-hydrogen) atoms. The van der Waals surface area contributed by atoms with E-state index in [0.717, 1.165) is 32.5 Å². The molecule has 0 radical (unpaired) electrons. The molecular formula is C25H37N11O5. The van der Waals surface area contributed by atoms with Crippen LogP contribution in [0, 0.1) is 0 Å². The molecule has 5 heterocycles. The van der Waals surface area contributed by atoms with Gasteiger partial charge in [-0.15, -0.1) is 10.2 Å². The Morgan fingerprint density at radius 1 is 1.10 bits per heavy atom. The lowest BCUT2D eigenvalue weighted by molar-refractivity contribution is -0.151. The number of anilines is 2. The van der Waals surface area contributed by atoms with Crippen LogP contribution in [0.5, 0.6) is 0 Å². The van der Waals surface area contributed by atoms with Gasteiger partial charge in [0, 0.05) is 19.1 Å². The van der Waals surface area contributed by atoms with Gasteiger partial charge in [-0.2, -0.15) is 14.8 Å². The van der Waals surface area contributed by atoms with Gasteiger partial charge in [0.15, 0.2) is 41.5 Å². The smallest absolute Gasteiger partial charge is 0.293 e. The average molecular weight is 572 g/mol. The van der Waals surface area contributed by atoms with Crippen molar-refractivity contribution in [1.82, 2.24) is 44.6 Å². The number of aryl methyl sites for hydroxylation is 1. The van der Waals surface area contributed by atoms with Crippen LogP contribution in [0.1, 0.15) is 64.1 Å². The molecule has 2 aliphatic heterocycles. The van der Waals surface area contributed by atoms with E-state index in [0.29, 0.717) is 29.5 Å². The average Bonchev–Trinajstić information content (AvgIpc) is 3.70. The van der Waals surface area contributed by atoms with E-state index >= 15 is 0 Å². The highest BCUT2D eigenvalue weighted by molar-refractivity contribution is 5.84. The van der Waals surface area contributed by atoms with E-state index in [1.54, 1.807) is 17.9 Å². The summed E-state index contributed by atoms with van der Waals surface area (Å²) in [5, 5.41) is 18.9. The number of carbonyl (C=O) groups is 2. The van der Waals surface area contributed by atoms with Crippen LogP contribution >= 0.6 is 0 Å². The molecule has 2 N–H and O–H groups in total. The summed E-state index contributed by atoms with van der Waals surface area (Å²) in [4.78, 5) is 40.8. The minimum Gasteiger partial charge on any atom is -0.457 e. The summed E-state index contributed by atoms with van der Waals surface area (Å²) in [6.07, 6.45) is 3.09. The number of fused-ring (bicyclic) bond motifs is 1. The van der Waals surface area contributed by atoms with E-state index in [4.69, 9.17) is 24.2 Å². The quantitative estimate of drug-likeness (QED) is 0.264. The molecule has 16 nitrogen and oxygen atoms in total. The van der Waals surface area contributed by atoms with E-state index in [-0.39, 0.29) is 24.8 Å². The highest BCUT2D eigenvalue weighted by atomic mass is 16.6. The zero-order valence-corrected chi connectivity index (χ0v) is 23.5. The van der Waals surface area contributed by atoms with E-state index in [9.17, 15) is 9.59 Å². The molecular weight excluding hydrogens is 534 g/mol. The second kappa shape index (κ2) is 13.2. The normalized spacial score (nSPS) is 23.1. The third kappa shape index (κ3) is 6.22. The molecule has 2 saturated heterocycles. The summed E-state index contributed by atoms with van der Waals surface area (Å²) in [6.45, 7) is 8.53. The Bertz CT molecular complexity index is 1310. The van der Waals surface area contributed by atoms with Crippen molar-refractivity contribution in [2.45, 2.75) is 76.5 Å². The number of nitrogens with one attached hydrogen (secondary N) is 2. The first kappa shape index (κ1) is 28.6. The lowest BCUT2D eigenvalue weighted by atomic mass is 10.1. The van der Waals surface area contributed by atoms with Gasteiger partial charge in [-0.05, 0) is 44.0 Å². The third-order valence-electron chi connectivity index (χ3n) is 7.57. The van der Waals surface area contributed by atoms with Crippen molar-refractivity contribution in [1.29, 1.82) is 0 Å². The molecule has 3 aromatic heterocycles. The highest BCUT2D eigenvalue weighted by Crippen LogP contribution is 2.42. The van der Waals surface area contributed by atoms with Gasteiger partial charge < -0.3 is 29.7 Å². The Balaban J connectivity index is 1.49. The maximum absolute atomic E-state index is 11.5. The highest BCUT2D eigenvalue weighted by Gasteiger charge is 2.52. The van der Waals surface area contributed by atoms with E-state index in [2.05, 4.69) is 49.8 Å². The number of likely N-dealkylation sites (tertiary alicyclic amines) is 1. The van der Waals surface area contributed by atoms with Gasteiger partial charge >= 0.3 is 0 Å². The van der Waals surface area contributed by atoms with E-state index < -0.39 is 24.5 Å². The summed E-state index contributed by atoms with van der Waals surface area (Å²) in [5.74, 6) is 1.20. The molecule has 5 rings (SSSR count). The predicted octanol–water partition coefficient (Wildman–Crippen LogP) is 1.20. The van der Waals surface area contributed by atoms with Crippen molar-refractivity contribution < 1.29 is 23.8 Å². The molecule has 0 aliphatic carbocycles. The fourth-order valence-electron chi connectivity index (χ4n) is 5.38. The number of tetrazole rings is 1. The molecule has 0 saturated carbocycles. The first-order valence-corrected chi connectivity index (χ1v) is 14.1. The molecule has 0 aromatic carbocycles. The van der Waals surface area contributed by atoms with Crippen LogP contribution < -0.4 is 10.6 Å². The Morgan fingerprint density at radius 3 is 2.54 bits per heavy atom. The van der Waals surface area contributed by atoms with Crippen LogP contribution in [-0.4, -0.2) is 102 Å². The lowest BCUT2D eigenvalue weighted by Gasteiger charge is -2.26.